The van der Waals surface area contributed by atoms with Crippen molar-refractivity contribution in [3.63, 3.8) is 0 Å². The Bertz CT molecular complexity index is 1810. The predicted molar refractivity (Wildman–Crippen MR) is 192 cm³/mol. The van der Waals surface area contributed by atoms with Gasteiger partial charge in [0.15, 0.2) is 0 Å². The number of Topliss-reactive ketones (excluding diaryl/α,β-unsaturated/α-hetero) is 1. The molecule has 4 N–H and O–H groups in total. The molecular formula is C40H47N3O7. The van der Waals surface area contributed by atoms with Crippen LogP contribution in [0, 0.1) is 5.92 Å². The minimum Gasteiger partial charge on any atom is -0.507 e. The van der Waals surface area contributed by atoms with Crippen LogP contribution in [0.4, 0.5) is 0 Å². The number of hydrogen-bond acceptors (Lipinski definition) is 8. The number of ketones is 1. The maximum absolute atomic E-state index is 14.0. The number of para-hydroxylation sites is 2. The number of nitrogens with zero attached hydrogens (tertiary/aromatic N) is 1. The zero-order valence-corrected chi connectivity index (χ0v) is 29.2. The minimum atomic E-state index is -0.854. The number of ether oxygens (including phenoxy) is 2. The summed E-state index contributed by atoms with van der Waals surface area (Å²) in [6, 6.07) is 15.7. The van der Waals surface area contributed by atoms with Crippen LogP contribution in [-0.4, -0.2) is 51.1 Å². The number of esters is 1. The molecular weight excluding hydrogens is 634 g/mol. The number of rotatable bonds is 9. The number of carbonyl (C=O) groups is 3. The lowest BCUT2D eigenvalue weighted by molar-refractivity contribution is -0.122. The second-order valence-corrected chi connectivity index (χ2v) is 13.2. The minimum absolute atomic E-state index is 0.0358. The molecule has 1 amide bonds. The van der Waals surface area contributed by atoms with E-state index in [0.29, 0.717) is 55.7 Å². The molecule has 0 aliphatic carbocycles. The zero-order chi connectivity index (χ0) is 35.8. The van der Waals surface area contributed by atoms with Gasteiger partial charge in [-0.25, -0.2) is 9.78 Å². The van der Waals surface area contributed by atoms with Crippen LogP contribution in [0.5, 0.6) is 17.2 Å². The average Bonchev–Trinajstić information content (AvgIpc) is 3.53. The van der Waals surface area contributed by atoms with Gasteiger partial charge < -0.3 is 30.0 Å². The van der Waals surface area contributed by atoms with E-state index in [0.717, 1.165) is 17.5 Å². The van der Waals surface area contributed by atoms with E-state index >= 15 is 0 Å². The number of aromatic amines is 1. The fraction of sp³-hybridized carbons (Fsp3) is 0.400. The summed E-state index contributed by atoms with van der Waals surface area (Å²) >= 11 is 0. The molecule has 5 rings (SSSR count). The van der Waals surface area contributed by atoms with E-state index in [2.05, 4.69) is 10.3 Å². The van der Waals surface area contributed by atoms with E-state index in [4.69, 9.17) is 14.5 Å². The van der Waals surface area contributed by atoms with Crippen LogP contribution in [0.2, 0.25) is 0 Å². The Morgan fingerprint density at radius 2 is 1.84 bits per heavy atom. The van der Waals surface area contributed by atoms with Crippen molar-refractivity contribution < 1.29 is 34.1 Å². The number of nitrogens with one attached hydrogen (secondary N) is 2. The lowest BCUT2D eigenvalue weighted by Crippen LogP contribution is -2.34. The molecule has 264 valence electrons. The van der Waals surface area contributed by atoms with Crippen molar-refractivity contribution in [2.45, 2.75) is 90.2 Å². The Morgan fingerprint density at radius 1 is 1.10 bits per heavy atom. The number of aromatic nitrogens is 2. The number of H-pyrrole nitrogens is 1. The van der Waals surface area contributed by atoms with Crippen LogP contribution >= 0.6 is 0 Å². The molecule has 1 aliphatic rings. The monoisotopic (exact) mass is 681 g/mol. The molecule has 1 aromatic heterocycles. The van der Waals surface area contributed by atoms with E-state index in [9.17, 15) is 24.6 Å². The Hall–Kier alpha value is -5.12. The summed E-state index contributed by atoms with van der Waals surface area (Å²) < 4.78 is 11.1. The van der Waals surface area contributed by atoms with Gasteiger partial charge in [-0.1, -0.05) is 56.7 Å². The molecule has 4 aromatic rings. The molecule has 0 spiro atoms. The molecule has 0 bridgehead atoms. The van der Waals surface area contributed by atoms with Gasteiger partial charge in [-0.15, -0.1) is 0 Å². The summed E-state index contributed by atoms with van der Waals surface area (Å²) in [5, 5.41) is 26.6. The number of carbonyl (C=O) groups excluding carboxylic acids is 3. The van der Waals surface area contributed by atoms with Crippen LogP contribution < -0.4 is 10.1 Å². The molecule has 3 aromatic carbocycles. The highest BCUT2D eigenvalue weighted by atomic mass is 16.5. The molecule has 0 saturated heterocycles. The normalized spacial score (nSPS) is 18.3. The van der Waals surface area contributed by atoms with Crippen LogP contribution in [0.3, 0.4) is 0 Å². The topological polar surface area (TPSA) is 151 Å². The lowest BCUT2D eigenvalue weighted by atomic mass is 9.84. The smallest absolute Gasteiger partial charge is 0.342 e. The van der Waals surface area contributed by atoms with Gasteiger partial charge in [0.2, 0.25) is 5.91 Å². The summed E-state index contributed by atoms with van der Waals surface area (Å²) in [6.45, 7) is 5.84. The van der Waals surface area contributed by atoms with Crippen molar-refractivity contribution in [1.82, 2.24) is 15.3 Å². The number of allylic oxidation sites excluding steroid dienone is 1. The van der Waals surface area contributed by atoms with Crippen molar-refractivity contribution in [1.29, 1.82) is 0 Å². The second kappa shape index (κ2) is 16.5. The summed E-state index contributed by atoms with van der Waals surface area (Å²) in [5.74, 6) is -1.21. The lowest BCUT2D eigenvalue weighted by Gasteiger charge is -2.26. The van der Waals surface area contributed by atoms with Crippen LogP contribution in [0.15, 0.2) is 60.7 Å². The molecule has 1 aliphatic heterocycles. The molecule has 2 heterocycles. The Labute approximate surface area is 292 Å². The summed E-state index contributed by atoms with van der Waals surface area (Å²) in [7, 11) is 1.55. The van der Waals surface area contributed by atoms with Crippen LogP contribution in [0.1, 0.15) is 117 Å². The number of cyclic esters (lactones) is 1. The highest BCUT2D eigenvalue weighted by Crippen LogP contribution is 2.44. The third-order valence-electron chi connectivity index (χ3n) is 9.54. The highest BCUT2D eigenvalue weighted by Gasteiger charge is 2.32. The number of phenolic OH excluding ortho intramolecular Hbond substituents is 2. The van der Waals surface area contributed by atoms with E-state index in [1.165, 1.54) is 6.07 Å². The highest BCUT2D eigenvalue weighted by molar-refractivity contribution is 5.98. The third-order valence-corrected chi connectivity index (χ3v) is 9.54. The fourth-order valence-corrected chi connectivity index (χ4v) is 6.50. The molecule has 0 fully saturated rings. The zero-order valence-electron chi connectivity index (χ0n) is 29.2. The van der Waals surface area contributed by atoms with Gasteiger partial charge in [0.25, 0.3) is 0 Å². The van der Waals surface area contributed by atoms with Crippen molar-refractivity contribution in [2.24, 2.45) is 5.92 Å². The van der Waals surface area contributed by atoms with Crippen molar-refractivity contribution in [3.05, 3.63) is 88.8 Å². The molecule has 4 atom stereocenters. The first-order valence-corrected chi connectivity index (χ1v) is 17.5. The van der Waals surface area contributed by atoms with E-state index < -0.39 is 29.8 Å². The number of methoxy groups -OCH3 is 1. The van der Waals surface area contributed by atoms with E-state index in [1.807, 2.05) is 44.2 Å². The van der Waals surface area contributed by atoms with Gasteiger partial charge in [0, 0.05) is 30.7 Å². The fourth-order valence-electron chi connectivity index (χ4n) is 6.50. The van der Waals surface area contributed by atoms with Crippen LogP contribution in [0.25, 0.3) is 17.1 Å². The Balaban J connectivity index is 1.55. The number of aromatic hydroxyl groups is 2. The van der Waals surface area contributed by atoms with E-state index in [-0.39, 0.29) is 46.5 Å². The van der Waals surface area contributed by atoms with Gasteiger partial charge in [-0.3, -0.25) is 9.59 Å². The summed E-state index contributed by atoms with van der Waals surface area (Å²) in [4.78, 5) is 48.1. The van der Waals surface area contributed by atoms with Crippen molar-refractivity contribution >= 4 is 34.8 Å². The number of hydrogen-bond donors (Lipinski definition) is 4. The third kappa shape index (κ3) is 8.53. The number of fused-ring (bicyclic) bond motifs is 2. The van der Waals surface area contributed by atoms with Crippen molar-refractivity contribution in [2.75, 3.05) is 7.11 Å². The predicted octanol–water partition coefficient (Wildman–Crippen LogP) is 7.89. The maximum atomic E-state index is 14.0. The van der Waals surface area contributed by atoms with Gasteiger partial charge in [0.1, 0.15) is 34.4 Å². The van der Waals surface area contributed by atoms with Crippen molar-refractivity contribution in [3.8, 4) is 17.2 Å². The first-order valence-electron chi connectivity index (χ1n) is 17.5. The quantitative estimate of drug-likeness (QED) is 0.130. The summed E-state index contributed by atoms with van der Waals surface area (Å²) in [6.07, 6.45) is 6.77. The van der Waals surface area contributed by atoms with Gasteiger partial charge in [-0.05, 0) is 80.0 Å². The standard InChI is InChI=1S/C40H47N3O7/c1-5-24(2)37(39-41-31-16-9-10-17-32(31)42-39)43-34(46)23-30(26-18-20-29(49-4)21-19-26)36-33(45)22-27-13-7-6-8-14-28(44)15-11-12-25(3)50-40(48)35(27)38(36)47/h7,9-10,13,16-22,24-25,30,37,45,47H,5-6,8,11-12,14-15,23H2,1-4H3,(H,41,42)(H,43,46)/b13-7+/t24-,25-,30?,37-/m0/s1. The molecule has 10 nitrogen and oxygen atoms in total. The van der Waals surface area contributed by atoms with Gasteiger partial charge >= 0.3 is 5.97 Å². The first kappa shape index (κ1) is 36.2. The summed E-state index contributed by atoms with van der Waals surface area (Å²) in [5.41, 5.74) is 2.52. The number of phenols is 2. The van der Waals surface area contributed by atoms with Crippen LogP contribution in [-0.2, 0) is 14.3 Å². The molecule has 1 unspecified atom stereocenters. The largest absolute Gasteiger partial charge is 0.507 e. The number of amides is 1. The van der Waals surface area contributed by atoms with E-state index in [1.54, 1.807) is 44.4 Å². The maximum Gasteiger partial charge on any atom is 0.342 e. The number of imidazole rings is 1. The Kier molecular flexibility index (Phi) is 12.0. The second-order valence-electron chi connectivity index (χ2n) is 13.2. The Morgan fingerprint density at radius 3 is 2.56 bits per heavy atom. The number of benzene rings is 3. The first-order chi connectivity index (χ1) is 24.1. The van der Waals surface area contributed by atoms with Gasteiger partial charge in [-0.2, -0.15) is 0 Å². The SMILES string of the molecule is CC[C@H](C)[C@H](NC(=O)CC(c1ccc(OC)cc1)c1c(O)cc2c(c1O)C(=O)O[C@@H](C)CCCC(=O)CCC/C=C/2)c1nc2ccccc2[nH]1. The average molecular weight is 682 g/mol. The molecule has 0 saturated carbocycles. The van der Waals surface area contributed by atoms with Gasteiger partial charge in [0.05, 0.1) is 30.3 Å². The molecule has 0 radical (unpaired) electrons. The molecule has 10 heteroatoms. The molecule has 50 heavy (non-hydrogen) atoms.